The third-order valence-corrected chi connectivity index (χ3v) is 6.05. The molecule has 1 heterocycles. The van der Waals surface area contributed by atoms with Crippen molar-refractivity contribution in [1.82, 2.24) is 0 Å². The monoisotopic (exact) mass is 491 g/mol. The van der Waals surface area contributed by atoms with Gasteiger partial charge in [0.2, 0.25) is 0 Å². The maximum absolute atomic E-state index is 13.3. The van der Waals surface area contributed by atoms with Crippen LogP contribution >= 0.6 is 11.6 Å². The van der Waals surface area contributed by atoms with E-state index in [0.717, 1.165) is 5.56 Å². The predicted octanol–water partition coefficient (Wildman–Crippen LogP) is 6.07. The molecule has 0 radical (unpaired) electrons. The van der Waals surface area contributed by atoms with Crippen molar-refractivity contribution in [2.24, 2.45) is 0 Å². The van der Waals surface area contributed by atoms with Gasteiger partial charge in [-0.3, -0.25) is 14.5 Å². The van der Waals surface area contributed by atoms with Crippen LogP contribution in [0.2, 0.25) is 5.02 Å². The minimum atomic E-state index is -0.835. The summed E-state index contributed by atoms with van der Waals surface area (Å²) in [6.45, 7) is 6.52. The van der Waals surface area contributed by atoms with Crippen molar-refractivity contribution in [2.75, 3.05) is 18.1 Å². The van der Waals surface area contributed by atoms with Gasteiger partial charge >= 0.3 is 0 Å². The average molecular weight is 492 g/mol. The van der Waals surface area contributed by atoms with Crippen LogP contribution in [0, 0.1) is 6.92 Å². The molecule has 1 saturated heterocycles. The molecule has 0 aliphatic carbocycles. The molecule has 7 heteroatoms. The topological polar surface area (TPSA) is 76.1 Å². The Hall–Kier alpha value is -3.77. The number of anilines is 1. The van der Waals surface area contributed by atoms with Gasteiger partial charge in [0, 0.05) is 11.3 Å². The van der Waals surface area contributed by atoms with Gasteiger partial charge in [-0.05, 0) is 74.4 Å². The number of nitrogens with zero attached hydrogens (tertiary/aromatic N) is 1. The number of aliphatic hydroxyl groups excluding tert-OH is 1. The number of ether oxygens (including phenoxy) is 2. The highest BCUT2D eigenvalue weighted by atomic mass is 35.5. The van der Waals surface area contributed by atoms with E-state index in [0.29, 0.717) is 46.5 Å². The molecule has 0 spiro atoms. The second-order valence-electron chi connectivity index (χ2n) is 8.09. The Morgan fingerprint density at radius 3 is 2.34 bits per heavy atom. The number of hydrogen-bond acceptors (Lipinski definition) is 5. The fraction of sp³-hybridized carbons (Fsp3) is 0.214. The van der Waals surface area contributed by atoms with Gasteiger partial charge in [-0.1, -0.05) is 35.9 Å². The zero-order valence-electron chi connectivity index (χ0n) is 19.7. The maximum atomic E-state index is 13.3. The molecule has 0 aromatic heterocycles. The first-order valence-electron chi connectivity index (χ1n) is 11.4. The minimum absolute atomic E-state index is 0.00885. The summed E-state index contributed by atoms with van der Waals surface area (Å²) < 4.78 is 11.1. The Bertz CT molecular complexity index is 1300. The van der Waals surface area contributed by atoms with Gasteiger partial charge in [-0.25, -0.2) is 0 Å². The lowest BCUT2D eigenvalue weighted by atomic mass is 9.95. The normalized spacial score (nSPS) is 17.0. The Balaban J connectivity index is 1.91. The summed E-state index contributed by atoms with van der Waals surface area (Å²) in [5, 5.41) is 11.7. The molecule has 6 nitrogen and oxygen atoms in total. The number of carbonyl (C=O) groups excluding carboxylic acids is 2. The van der Waals surface area contributed by atoms with E-state index in [4.69, 9.17) is 21.1 Å². The number of Topliss-reactive ketones (excluding diaryl/α,β-unsaturated/α-hetero) is 1. The van der Waals surface area contributed by atoms with E-state index in [9.17, 15) is 14.7 Å². The number of amides is 1. The summed E-state index contributed by atoms with van der Waals surface area (Å²) in [6.07, 6.45) is 0. The van der Waals surface area contributed by atoms with Crippen molar-refractivity contribution in [2.45, 2.75) is 26.8 Å². The minimum Gasteiger partial charge on any atom is -0.507 e. The molecule has 180 valence electrons. The standard InChI is InChI=1S/C28H26ClNO5/c1-4-34-21-12-9-18(10-13-21)25-24(26(31)19-11-14-22(29)23(16-19)35-5-2)27(32)28(33)30(25)20-8-6-7-17(3)15-20/h6-16,25,31H,4-5H2,1-3H3/b26-24-. The van der Waals surface area contributed by atoms with E-state index in [-0.39, 0.29) is 11.3 Å². The molecule has 1 aliphatic rings. The van der Waals surface area contributed by atoms with Gasteiger partial charge in [-0.2, -0.15) is 0 Å². The number of ketones is 1. The number of aliphatic hydroxyl groups is 1. The van der Waals surface area contributed by atoms with Crippen molar-refractivity contribution >= 4 is 34.7 Å². The molecule has 3 aromatic carbocycles. The SMILES string of the molecule is CCOc1ccc(C2/C(=C(/O)c3ccc(Cl)c(OCC)c3)C(=O)C(=O)N2c2cccc(C)c2)cc1. The van der Waals surface area contributed by atoms with Gasteiger partial charge in [-0.15, -0.1) is 0 Å². The van der Waals surface area contributed by atoms with Crippen LogP contribution < -0.4 is 14.4 Å². The number of halogens is 1. The number of carbonyl (C=O) groups is 2. The summed E-state index contributed by atoms with van der Waals surface area (Å²) >= 11 is 6.21. The van der Waals surface area contributed by atoms with Crippen LogP contribution in [-0.2, 0) is 9.59 Å². The molecule has 0 saturated carbocycles. The lowest BCUT2D eigenvalue weighted by molar-refractivity contribution is -0.132. The Kier molecular flexibility index (Phi) is 7.12. The quantitative estimate of drug-likeness (QED) is 0.246. The smallest absolute Gasteiger partial charge is 0.300 e. The largest absolute Gasteiger partial charge is 0.507 e. The first-order valence-corrected chi connectivity index (χ1v) is 11.8. The number of aryl methyl sites for hydroxylation is 1. The van der Waals surface area contributed by atoms with Crippen molar-refractivity contribution in [3.8, 4) is 11.5 Å². The van der Waals surface area contributed by atoms with Gasteiger partial charge in [0.15, 0.2) is 0 Å². The summed E-state index contributed by atoms with van der Waals surface area (Å²) in [4.78, 5) is 28.1. The molecular weight excluding hydrogens is 466 g/mol. The Morgan fingerprint density at radius 1 is 0.971 bits per heavy atom. The van der Waals surface area contributed by atoms with E-state index >= 15 is 0 Å². The van der Waals surface area contributed by atoms with E-state index < -0.39 is 17.7 Å². The van der Waals surface area contributed by atoms with Crippen molar-refractivity contribution in [3.63, 3.8) is 0 Å². The first kappa shape index (κ1) is 24.4. The third-order valence-electron chi connectivity index (χ3n) is 5.74. The number of hydrogen-bond donors (Lipinski definition) is 1. The summed E-state index contributed by atoms with van der Waals surface area (Å²) in [7, 11) is 0. The van der Waals surface area contributed by atoms with Gasteiger partial charge < -0.3 is 14.6 Å². The highest BCUT2D eigenvalue weighted by Crippen LogP contribution is 2.43. The summed E-state index contributed by atoms with van der Waals surface area (Å²) in [6, 6.07) is 18.4. The van der Waals surface area contributed by atoms with Crippen LogP contribution in [0.4, 0.5) is 5.69 Å². The van der Waals surface area contributed by atoms with Crippen LogP contribution in [0.15, 0.2) is 72.3 Å². The summed E-state index contributed by atoms with van der Waals surface area (Å²) in [5.74, 6) is -0.729. The molecule has 4 rings (SSSR count). The summed E-state index contributed by atoms with van der Waals surface area (Å²) in [5.41, 5.74) is 2.49. The number of rotatable bonds is 7. The van der Waals surface area contributed by atoms with E-state index in [1.165, 1.54) is 4.90 Å². The second-order valence-corrected chi connectivity index (χ2v) is 8.50. The third kappa shape index (κ3) is 4.75. The van der Waals surface area contributed by atoms with Gasteiger partial charge in [0.1, 0.15) is 17.3 Å². The zero-order valence-corrected chi connectivity index (χ0v) is 20.5. The van der Waals surface area contributed by atoms with E-state index in [1.54, 1.807) is 48.5 Å². The molecular formula is C28H26ClNO5. The Labute approximate surface area is 209 Å². The van der Waals surface area contributed by atoms with Crippen molar-refractivity contribution in [3.05, 3.63) is 94.0 Å². The van der Waals surface area contributed by atoms with Crippen LogP contribution in [0.25, 0.3) is 5.76 Å². The van der Waals surface area contributed by atoms with Crippen LogP contribution in [0.5, 0.6) is 11.5 Å². The molecule has 3 aromatic rings. The molecule has 0 bridgehead atoms. The highest BCUT2D eigenvalue weighted by Gasteiger charge is 2.47. The van der Waals surface area contributed by atoms with Gasteiger partial charge in [0.05, 0.1) is 29.9 Å². The molecule has 1 fully saturated rings. The molecule has 1 N–H and O–H groups in total. The average Bonchev–Trinajstić information content (AvgIpc) is 3.11. The lowest BCUT2D eigenvalue weighted by Gasteiger charge is -2.26. The van der Waals surface area contributed by atoms with Crippen molar-refractivity contribution in [1.29, 1.82) is 0 Å². The fourth-order valence-corrected chi connectivity index (χ4v) is 4.35. The van der Waals surface area contributed by atoms with Crippen LogP contribution in [-0.4, -0.2) is 30.0 Å². The predicted molar refractivity (Wildman–Crippen MR) is 136 cm³/mol. The molecule has 1 aliphatic heterocycles. The lowest BCUT2D eigenvalue weighted by Crippen LogP contribution is -2.29. The van der Waals surface area contributed by atoms with Crippen LogP contribution in [0.3, 0.4) is 0 Å². The molecule has 1 amide bonds. The van der Waals surface area contributed by atoms with E-state index in [2.05, 4.69) is 0 Å². The fourth-order valence-electron chi connectivity index (χ4n) is 4.18. The van der Waals surface area contributed by atoms with Crippen molar-refractivity contribution < 1.29 is 24.2 Å². The Morgan fingerprint density at radius 2 is 1.69 bits per heavy atom. The molecule has 1 unspecified atom stereocenters. The molecule has 1 atom stereocenters. The highest BCUT2D eigenvalue weighted by molar-refractivity contribution is 6.51. The van der Waals surface area contributed by atoms with E-state index in [1.807, 2.05) is 39.0 Å². The number of benzene rings is 3. The maximum Gasteiger partial charge on any atom is 0.300 e. The van der Waals surface area contributed by atoms with Gasteiger partial charge in [0.25, 0.3) is 11.7 Å². The first-order chi connectivity index (χ1) is 16.8. The van der Waals surface area contributed by atoms with Crippen LogP contribution in [0.1, 0.15) is 36.6 Å². The zero-order chi connectivity index (χ0) is 25.1. The molecule has 35 heavy (non-hydrogen) atoms. The second kappa shape index (κ2) is 10.2.